The van der Waals surface area contributed by atoms with Crippen LogP contribution in [-0.4, -0.2) is 45.6 Å². The van der Waals surface area contributed by atoms with Crippen LogP contribution in [0.4, 0.5) is 0 Å². The van der Waals surface area contributed by atoms with Crippen LogP contribution in [-0.2, 0) is 10.0 Å². The fourth-order valence-corrected chi connectivity index (χ4v) is 5.86. The van der Waals surface area contributed by atoms with Crippen LogP contribution in [0.1, 0.15) is 29.9 Å². The van der Waals surface area contributed by atoms with Crippen molar-refractivity contribution in [2.24, 2.45) is 0 Å². The molecule has 154 valence electrons. The average molecular weight is 423 g/mol. The molecule has 0 unspecified atom stereocenters. The van der Waals surface area contributed by atoms with Crippen molar-refractivity contribution in [2.45, 2.75) is 30.6 Å². The highest BCUT2D eigenvalue weighted by molar-refractivity contribution is 7.89. The van der Waals surface area contributed by atoms with Crippen molar-refractivity contribution in [2.75, 3.05) is 13.1 Å². The highest BCUT2D eigenvalue weighted by Crippen LogP contribution is 2.35. The number of sulfonamides is 1. The summed E-state index contributed by atoms with van der Waals surface area (Å²) < 4.78 is 35.4. The van der Waals surface area contributed by atoms with Gasteiger partial charge in [-0.3, -0.25) is 0 Å². The number of aromatic nitrogens is 4. The Morgan fingerprint density at radius 1 is 1.13 bits per heavy atom. The molecule has 0 bridgehead atoms. The Bertz CT molecular complexity index is 1290. The van der Waals surface area contributed by atoms with E-state index in [1.54, 1.807) is 45.5 Å². The molecule has 4 aromatic rings. The second kappa shape index (κ2) is 7.33. The molecular weight excluding hydrogens is 402 g/mol. The smallest absolute Gasteiger partial charge is 0.243 e. The quantitative estimate of drug-likeness (QED) is 0.500. The molecule has 1 aliphatic rings. The summed E-state index contributed by atoms with van der Waals surface area (Å²) in [5.74, 6) is 0.732. The predicted molar refractivity (Wildman–Crippen MR) is 110 cm³/mol. The minimum atomic E-state index is -3.64. The zero-order valence-corrected chi connectivity index (χ0v) is 17.3. The van der Waals surface area contributed by atoms with Crippen LogP contribution < -0.4 is 0 Å². The van der Waals surface area contributed by atoms with Gasteiger partial charge in [0.15, 0.2) is 11.4 Å². The van der Waals surface area contributed by atoms with Crippen LogP contribution in [0.25, 0.3) is 17.0 Å². The maximum Gasteiger partial charge on any atom is 0.243 e. The molecule has 1 aromatic carbocycles. The summed E-state index contributed by atoms with van der Waals surface area (Å²) in [5, 5.41) is 7.94. The van der Waals surface area contributed by atoms with Crippen LogP contribution in [0.3, 0.4) is 0 Å². The summed E-state index contributed by atoms with van der Waals surface area (Å²) in [4.78, 5) is 4.48. The molecule has 30 heavy (non-hydrogen) atoms. The Morgan fingerprint density at radius 3 is 2.70 bits per heavy atom. The summed E-state index contributed by atoms with van der Waals surface area (Å²) in [5.41, 5.74) is 3.71. The van der Waals surface area contributed by atoms with E-state index in [0.29, 0.717) is 24.4 Å². The molecule has 1 saturated heterocycles. The van der Waals surface area contributed by atoms with E-state index in [4.69, 9.17) is 4.52 Å². The minimum Gasteiger partial charge on any atom is -0.356 e. The molecule has 0 radical (unpaired) electrons. The maximum atomic E-state index is 13.4. The number of fused-ring (bicyclic) bond motifs is 1. The van der Waals surface area contributed by atoms with E-state index < -0.39 is 10.0 Å². The highest BCUT2D eigenvalue weighted by atomic mass is 32.2. The topological polar surface area (TPSA) is 93.6 Å². The molecule has 0 saturated carbocycles. The normalized spacial score (nSPS) is 16.3. The summed E-state index contributed by atoms with van der Waals surface area (Å²) in [6, 6.07) is 10.6. The van der Waals surface area contributed by atoms with E-state index in [0.717, 1.165) is 24.1 Å². The third-order valence-corrected chi connectivity index (χ3v) is 7.72. The molecule has 0 N–H and O–H groups in total. The lowest BCUT2D eigenvalue weighted by Crippen LogP contribution is -2.38. The highest BCUT2D eigenvalue weighted by Gasteiger charge is 2.32. The van der Waals surface area contributed by atoms with Gasteiger partial charge in [-0.25, -0.2) is 17.9 Å². The number of benzene rings is 1. The predicted octanol–water partition coefficient (Wildman–Crippen LogP) is 3.26. The summed E-state index contributed by atoms with van der Waals surface area (Å²) in [6.07, 6.45) is 6.58. The molecule has 3 aromatic heterocycles. The lowest BCUT2D eigenvalue weighted by Gasteiger charge is -2.32. The lowest BCUT2D eigenvalue weighted by molar-refractivity contribution is 0.318. The molecule has 1 aliphatic heterocycles. The lowest BCUT2D eigenvalue weighted by atomic mass is 9.89. The Labute approximate surface area is 174 Å². The SMILES string of the molecule is Cc1cc2ncnn2cc1C1CCN(S(=O)(=O)c2ccccc2-c2ccno2)CC1. The second-order valence-corrected chi connectivity index (χ2v) is 9.43. The van der Waals surface area contributed by atoms with Gasteiger partial charge in [0.05, 0.1) is 11.1 Å². The van der Waals surface area contributed by atoms with E-state index in [1.807, 2.05) is 12.3 Å². The number of piperidine rings is 1. The van der Waals surface area contributed by atoms with Gasteiger partial charge in [-0.1, -0.05) is 17.3 Å². The first kappa shape index (κ1) is 19.0. The Balaban J connectivity index is 1.39. The Kier molecular flexibility index (Phi) is 4.63. The third kappa shape index (κ3) is 3.20. The number of hydrogen-bond acceptors (Lipinski definition) is 6. The molecule has 0 spiro atoms. The summed E-state index contributed by atoms with van der Waals surface area (Å²) in [7, 11) is -3.64. The van der Waals surface area contributed by atoms with Crippen molar-refractivity contribution in [3.8, 4) is 11.3 Å². The van der Waals surface area contributed by atoms with Gasteiger partial charge in [0.2, 0.25) is 10.0 Å². The van der Waals surface area contributed by atoms with Crippen molar-refractivity contribution in [3.63, 3.8) is 0 Å². The first-order valence-electron chi connectivity index (χ1n) is 9.84. The van der Waals surface area contributed by atoms with E-state index in [-0.39, 0.29) is 10.8 Å². The number of rotatable bonds is 4. The summed E-state index contributed by atoms with van der Waals surface area (Å²) in [6.45, 7) is 3.00. The van der Waals surface area contributed by atoms with Crippen molar-refractivity contribution >= 4 is 15.7 Å². The molecule has 9 heteroatoms. The van der Waals surface area contributed by atoms with Gasteiger partial charge in [-0.05, 0) is 55.0 Å². The van der Waals surface area contributed by atoms with Crippen LogP contribution >= 0.6 is 0 Å². The Hall–Kier alpha value is -3.04. The number of hydrogen-bond donors (Lipinski definition) is 0. The monoisotopic (exact) mass is 423 g/mol. The third-order valence-electron chi connectivity index (χ3n) is 5.77. The van der Waals surface area contributed by atoms with Crippen molar-refractivity contribution in [1.29, 1.82) is 0 Å². The van der Waals surface area contributed by atoms with E-state index >= 15 is 0 Å². The van der Waals surface area contributed by atoms with Crippen LogP contribution in [0.15, 0.2) is 64.5 Å². The minimum absolute atomic E-state index is 0.250. The zero-order valence-electron chi connectivity index (χ0n) is 16.5. The van der Waals surface area contributed by atoms with Gasteiger partial charge in [-0.15, -0.1) is 0 Å². The zero-order chi connectivity index (χ0) is 20.7. The van der Waals surface area contributed by atoms with Crippen molar-refractivity contribution < 1.29 is 12.9 Å². The molecule has 4 heterocycles. The fraction of sp³-hybridized carbons (Fsp3) is 0.286. The first-order valence-corrected chi connectivity index (χ1v) is 11.3. The van der Waals surface area contributed by atoms with Gasteiger partial charge >= 0.3 is 0 Å². The number of pyridine rings is 1. The number of nitrogens with zero attached hydrogens (tertiary/aromatic N) is 5. The number of aryl methyl sites for hydroxylation is 1. The maximum absolute atomic E-state index is 13.4. The van der Waals surface area contributed by atoms with Gasteiger partial charge < -0.3 is 4.52 Å². The average Bonchev–Trinajstić information content (AvgIpc) is 3.45. The molecule has 8 nitrogen and oxygen atoms in total. The molecule has 5 rings (SSSR count). The van der Waals surface area contributed by atoms with Gasteiger partial charge in [-0.2, -0.15) is 9.40 Å². The van der Waals surface area contributed by atoms with Crippen LogP contribution in [0.2, 0.25) is 0 Å². The van der Waals surface area contributed by atoms with E-state index in [1.165, 1.54) is 11.8 Å². The molecular formula is C21H21N5O3S. The van der Waals surface area contributed by atoms with Crippen LogP contribution in [0.5, 0.6) is 0 Å². The van der Waals surface area contributed by atoms with Crippen molar-refractivity contribution in [3.05, 3.63) is 66.2 Å². The summed E-state index contributed by atoms with van der Waals surface area (Å²) >= 11 is 0. The molecule has 0 aliphatic carbocycles. The molecule has 1 fully saturated rings. The van der Waals surface area contributed by atoms with E-state index in [9.17, 15) is 8.42 Å². The van der Waals surface area contributed by atoms with Crippen molar-refractivity contribution in [1.82, 2.24) is 24.1 Å². The second-order valence-electron chi connectivity index (χ2n) is 7.53. The molecule has 0 atom stereocenters. The Morgan fingerprint density at radius 2 is 1.93 bits per heavy atom. The largest absolute Gasteiger partial charge is 0.356 e. The van der Waals surface area contributed by atoms with E-state index in [2.05, 4.69) is 22.2 Å². The molecule has 0 amide bonds. The fourth-order valence-electron chi connectivity index (χ4n) is 4.20. The standard InChI is InChI=1S/C21H21N5O3S/c1-15-12-21-22-14-23-26(21)13-18(15)16-7-10-25(11-8-16)30(27,28)20-5-3-2-4-17(20)19-6-9-24-29-19/h2-6,9,12-14,16H,7-8,10-11H2,1H3. The first-order chi connectivity index (χ1) is 14.5. The van der Waals surface area contributed by atoms with Crippen LogP contribution in [0, 0.1) is 6.92 Å². The van der Waals surface area contributed by atoms with Gasteiger partial charge in [0, 0.05) is 30.9 Å². The van der Waals surface area contributed by atoms with Gasteiger partial charge in [0.25, 0.3) is 0 Å². The van der Waals surface area contributed by atoms with Gasteiger partial charge in [0.1, 0.15) is 6.33 Å².